The minimum Gasteiger partial charge on any atom is -0.497 e. The standard InChI is InChI=1S/C27H28N2O5/c1-6-34-27(30)25-24(20-14-28-21-8-7-17(31-3)12-19(20)21)15(2)29-10-9-16-11-22(32-4)23(33-5)13-18(16)26(25)29/h7-8,11-14,28H,6,9-10H2,1-5H3. The Hall–Kier alpha value is -3.87. The highest BCUT2D eigenvalue weighted by molar-refractivity contribution is 6.09. The van der Waals surface area contributed by atoms with Gasteiger partial charge in [0.1, 0.15) is 5.75 Å². The molecule has 0 atom stereocenters. The second kappa shape index (κ2) is 8.48. The van der Waals surface area contributed by atoms with Gasteiger partial charge in [0, 0.05) is 46.0 Å². The second-order valence-corrected chi connectivity index (χ2v) is 8.28. The first-order valence-electron chi connectivity index (χ1n) is 11.3. The largest absolute Gasteiger partial charge is 0.497 e. The third kappa shape index (κ3) is 3.22. The molecular weight excluding hydrogens is 432 g/mol. The molecule has 3 heterocycles. The van der Waals surface area contributed by atoms with E-state index in [1.165, 1.54) is 0 Å². The normalized spacial score (nSPS) is 12.3. The molecule has 0 aliphatic carbocycles. The van der Waals surface area contributed by atoms with Crippen molar-refractivity contribution in [2.45, 2.75) is 26.8 Å². The van der Waals surface area contributed by atoms with Crippen molar-refractivity contribution in [3.63, 3.8) is 0 Å². The lowest BCUT2D eigenvalue weighted by atomic mass is 9.93. The van der Waals surface area contributed by atoms with Crippen molar-refractivity contribution in [1.82, 2.24) is 9.55 Å². The van der Waals surface area contributed by atoms with Crippen LogP contribution in [0.15, 0.2) is 36.5 Å². The number of nitrogens with zero attached hydrogens (tertiary/aromatic N) is 1. The Morgan fingerprint density at radius 1 is 1.03 bits per heavy atom. The number of methoxy groups -OCH3 is 3. The highest BCUT2D eigenvalue weighted by Gasteiger charge is 2.33. The molecule has 5 rings (SSSR count). The summed E-state index contributed by atoms with van der Waals surface area (Å²) in [7, 11) is 4.90. The lowest BCUT2D eigenvalue weighted by molar-refractivity contribution is 0.0528. The van der Waals surface area contributed by atoms with E-state index in [0.717, 1.165) is 63.3 Å². The molecule has 7 nitrogen and oxygen atoms in total. The molecule has 0 saturated heterocycles. The van der Waals surface area contributed by atoms with E-state index in [2.05, 4.69) is 16.5 Å². The van der Waals surface area contributed by atoms with E-state index in [-0.39, 0.29) is 5.97 Å². The molecule has 34 heavy (non-hydrogen) atoms. The average molecular weight is 461 g/mol. The van der Waals surface area contributed by atoms with Crippen LogP contribution in [0, 0.1) is 6.92 Å². The molecule has 2 aromatic carbocycles. The number of carbonyl (C=O) groups is 1. The number of aryl methyl sites for hydroxylation is 1. The zero-order chi connectivity index (χ0) is 24.0. The quantitative estimate of drug-likeness (QED) is 0.392. The van der Waals surface area contributed by atoms with Gasteiger partial charge in [0.25, 0.3) is 0 Å². The molecule has 0 radical (unpaired) electrons. The van der Waals surface area contributed by atoms with Crippen molar-refractivity contribution in [2.24, 2.45) is 0 Å². The van der Waals surface area contributed by atoms with Gasteiger partial charge in [-0.25, -0.2) is 4.79 Å². The van der Waals surface area contributed by atoms with Gasteiger partial charge in [-0.05, 0) is 56.2 Å². The number of aromatic amines is 1. The van der Waals surface area contributed by atoms with Crippen LogP contribution in [0.4, 0.5) is 0 Å². The SMILES string of the molecule is CCOC(=O)c1c(-c2c[nH]c3ccc(OC)cc23)c(C)n2c1-c1cc(OC)c(OC)cc1CC2. The Labute approximate surface area is 198 Å². The van der Waals surface area contributed by atoms with Crippen LogP contribution in [0.2, 0.25) is 0 Å². The Morgan fingerprint density at radius 2 is 1.79 bits per heavy atom. The summed E-state index contributed by atoms with van der Waals surface area (Å²) in [4.78, 5) is 16.8. The van der Waals surface area contributed by atoms with Crippen molar-refractivity contribution in [3.8, 4) is 39.6 Å². The molecule has 0 saturated carbocycles. The van der Waals surface area contributed by atoms with Crippen LogP contribution in [0.25, 0.3) is 33.3 Å². The molecule has 0 bridgehead atoms. The van der Waals surface area contributed by atoms with Crippen LogP contribution in [0.5, 0.6) is 17.2 Å². The summed E-state index contributed by atoms with van der Waals surface area (Å²) < 4.78 is 24.4. The minimum absolute atomic E-state index is 0.294. The van der Waals surface area contributed by atoms with Crippen LogP contribution < -0.4 is 14.2 Å². The van der Waals surface area contributed by atoms with Gasteiger partial charge in [0.2, 0.25) is 0 Å². The average Bonchev–Trinajstić information content (AvgIpc) is 3.40. The molecule has 7 heteroatoms. The van der Waals surface area contributed by atoms with Gasteiger partial charge in [0.05, 0.1) is 39.2 Å². The van der Waals surface area contributed by atoms with Crippen molar-refractivity contribution in [1.29, 1.82) is 0 Å². The number of carbonyl (C=O) groups excluding carboxylic acids is 1. The maximum Gasteiger partial charge on any atom is 0.340 e. The molecule has 176 valence electrons. The molecular formula is C27H28N2O5. The summed E-state index contributed by atoms with van der Waals surface area (Å²) in [6.45, 7) is 4.93. The van der Waals surface area contributed by atoms with E-state index in [1.54, 1.807) is 21.3 Å². The van der Waals surface area contributed by atoms with Gasteiger partial charge in [-0.15, -0.1) is 0 Å². The smallest absolute Gasteiger partial charge is 0.340 e. The Balaban J connectivity index is 1.83. The van der Waals surface area contributed by atoms with Crippen molar-refractivity contribution in [3.05, 3.63) is 53.3 Å². The van der Waals surface area contributed by atoms with E-state index in [1.807, 2.05) is 43.5 Å². The van der Waals surface area contributed by atoms with Gasteiger partial charge in [-0.2, -0.15) is 0 Å². The number of fused-ring (bicyclic) bond motifs is 4. The Kier molecular flexibility index (Phi) is 5.48. The first-order chi connectivity index (χ1) is 16.5. The number of hydrogen-bond acceptors (Lipinski definition) is 5. The molecule has 0 amide bonds. The number of nitrogens with one attached hydrogen (secondary N) is 1. The minimum atomic E-state index is -0.339. The number of benzene rings is 2. The predicted molar refractivity (Wildman–Crippen MR) is 131 cm³/mol. The summed E-state index contributed by atoms with van der Waals surface area (Å²) >= 11 is 0. The van der Waals surface area contributed by atoms with E-state index < -0.39 is 0 Å². The first kappa shape index (κ1) is 21.9. The van der Waals surface area contributed by atoms with Crippen molar-refractivity contribution < 1.29 is 23.7 Å². The topological polar surface area (TPSA) is 74.7 Å². The fraction of sp³-hybridized carbons (Fsp3) is 0.296. The monoisotopic (exact) mass is 460 g/mol. The van der Waals surface area contributed by atoms with E-state index in [4.69, 9.17) is 18.9 Å². The van der Waals surface area contributed by atoms with Crippen LogP contribution in [0.3, 0.4) is 0 Å². The number of ether oxygens (including phenoxy) is 4. The van der Waals surface area contributed by atoms with Gasteiger partial charge in [-0.3, -0.25) is 0 Å². The Morgan fingerprint density at radius 3 is 2.50 bits per heavy atom. The second-order valence-electron chi connectivity index (χ2n) is 8.28. The van der Waals surface area contributed by atoms with Crippen LogP contribution >= 0.6 is 0 Å². The van der Waals surface area contributed by atoms with Gasteiger partial charge in [-0.1, -0.05) is 0 Å². The van der Waals surface area contributed by atoms with Crippen molar-refractivity contribution >= 4 is 16.9 Å². The predicted octanol–water partition coefficient (Wildman–Crippen LogP) is 5.37. The molecule has 1 N–H and O–H groups in total. The van der Waals surface area contributed by atoms with Crippen LogP contribution in [0.1, 0.15) is 28.5 Å². The Bertz CT molecular complexity index is 1410. The molecule has 4 aromatic rings. The van der Waals surface area contributed by atoms with E-state index >= 15 is 0 Å². The van der Waals surface area contributed by atoms with E-state index in [0.29, 0.717) is 23.7 Å². The maximum absolute atomic E-state index is 13.5. The van der Waals surface area contributed by atoms with Crippen LogP contribution in [-0.2, 0) is 17.7 Å². The van der Waals surface area contributed by atoms with Gasteiger partial charge in [0.15, 0.2) is 11.5 Å². The first-order valence-corrected chi connectivity index (χ1v) is 11.3. The number of aromatic nitrogens is 2. The third-order valence-electron chi connectivity index (χ3n) is 6.63. The third-order valence-corrected chi connectivity index (χ3v) is 6.63. The highest BCUT2D eigenvalue weighted by Crippen LogP contribution is 2.46. The van der Waals surface area contributed by atoms with Gasteiger partial charge >= 0.3 is 5.97 Å². The highest BCUT2D eigenvalue weighted by atomic mass is 16.5. The summed E-state index contributed by atoms with van der Waals surface area (Å²) in [6, 6.07) is 9.87. The summed E-state index contributed by atoms with van der Waals surface area (Å²) in [5.74, 6) is 1.73. The molecule has 0 spiro atoms. The lowest BCUT2D eigenvalue weighted by Crippen LogP contribution is -2.15. The molecule has 2 aromatic heterocycles. The zero-order valence-corrected chi connectivity index (χ0v) is 20.1. The number of H-pyrrole nitrogens is 1. The molecule has 0 unspecified atom stereocenters. The summed E-state index contributed by atoms with van der Waals surface area (Å²) in [6.07, 6.45) is 2.78. The number of hydrogen-bond donors (Lipinski definition) is 1. The molecule has 0 fully saturated rings. The maximum atomic E-state index is 13.5. The fourth-order valence-electron chi connectivity index (χ4n) is 5.04. The fourth-order valence-corrected chi connectivity index (χ4v) is 5.04. The summed E-state index contributed by atoms with van der Waals surface area (Å²) in [5.41, 5.74) is 7.29. The lowest BCUT2D eigenvalue weighted by Gasteiger charge is -2.23. The van der Waals surface area contributed by atoms with Gasteiger partial charge < -0.3 is 28.5 Å². The van der Waals surface area contributed by atoms with Crippen LogP contribution in [-0.4, -0.2) is 43.5 Å². The number of esters is 1. The molecule has 1 aliphatic heterocycles. The van der Waals surface area contributed by atoms with Crippen molar-refractivity contribution in [2.75, 3.05) is 27.9 Å². The zero-order valence-electron chi connectivity index (χ0n) is 20.1. The van der Waals surface area contributed by atoms with E-state index in [9.17, 15) is 4.79 Å². The number of rotatable bonds is 6. The molecule has 1 aliphatic rings. The summed E-state index contributed by atoms with van der Waals surface area (Å²) in [5, 5.41) is 0.989.